The number of rotatable bonds is 1. The van der Waals surface area contributed by atoms with Crippen molar-refractivity contribution in [1.82, 2.24) is 0 Å². The highest BCUT2D eigenvalue weighted by atomic mass is 35.5. The Labute approximate surface area is 124 Å². The lowest BCUT2D eigenvalue weighted by atomic mass is 10.0. The minimum atomic E-state index is 0.372. The van der Waals surface area contributed by atoms with Crippen molar-refractivity contribution in [3.05, 3.63) is 56.0 Å². The van der Waals surface area contributed by atoms with Gasteiger partial charge in [0.15, 0.2) is 0 Å². The van der Waals surface area contributed by atoms with Crippen LogP contribution in [0.15, 0.2) is 30.3 Å². The van der Waals surface area contributed by atoms with E-state index in [9.17, 15) is 0 Å². The van der Waals surface area contributed by atoms with Crippen LogP contribution >= 0.6 is 46.4 Å². The number of nitriles is 1. The zero-order valence-corrected chi connectivity index (χ0v) is 11.9. The van der Waals surface area contributed by atoms with Gasteiger partial charge in [-0.25, -0.2) is 0 Å². The quantitative estimate of drug-likeness (QED) is 0.606. The lowest BCUT2D eigenvalue weighted by Gasteiger charge is -2.07. The molecule has 5 heteroatoms. The molecule has 2 rings (SSSR count). The van der Waals surface area contributed by atoms with Crippen molar-refractivity contribution in [2.75, 3.05) is 0 Å². The number of hydrogen-bond donors (Lipinski definition) is 0. The van der Waals surface area contributed by atoms with Crippen LogP contribution in [0.1, 0.15) is 5.56 Å². The van der Waals surface area contributed by atoms with Crippen LogP contribution in [0.25, 0.3) is 11.1 Å². The molecule has 0 spiro atoms. The summed E-state index contributed by atoms with van der Waals surface area (Å²) < 4.78 is 0. The third-order valence-corrected chi connectivity index (χ3v) is 3.76. The van der Waals surface area contributed by atoms with E-state index >= 15 is 0 Å². The first-order valence-electron chi connectivity index (χ1n) is 4.87. The summed E-state index contributed by atoms with van der Waals surface area (Å²) in [7, 11) is 0. The molecule has 0 aromatic heterocycles. The molecule has 90 valence electrons. The second kappa shape index (κ2) is 5.38. The van der Waals surface area contributed by atoms with E-state index in [4.69, 9.17) is 51.7 Å². The molecule has 0 aliphatic rings. The number of halogens is 4. The fraction of sp³-hybridized carbons (Fsp3) is 0. The van der Waals surface area contributed by atoms with E-state index in [2.05, 4.69) is 0 Å². The van der Waals surface area contributed by atoms with E-state index in [1.54, 1.807) is 30.3 Å². The molecule has 2 aromatic carbocycles. The Morgan fingerprint density at radius 1 is 0.778 bits per heavy atom. The smallest absolute Gasteiger partial charge is 0.101 e. The van der Waals surface area contributed by atoms with Crippen LogP contribution in [0, 0.1) is 11.3 Å². The van der Waals surface area contributed by atoms with Crippen LogP contribution < -0.4 is 0 Å². The summed E-state index contributed by atoms with van der Waals surface area (Å²) in [4.78, 5) is 0. The normalized spacial score (nSPS) is 10.2. The highest BCUT2D eigenvalue weighted by Crippen LogP contribution is 2.36. The lowest BCUT2D eigenvalue weighted by Crippen LogP contribution is -1.84. The van der Waals surface area contributed by atoms with Gasteiger partial charge in [0, 0.05) is 10.6 Å². The third-order valence-electron chi connectivity index (χ3n) is 2.41. The Morgan fingerprint density at radius 2 is 1.44 bits per heavy atom. The standard InChI is InChI=1S/C13H5Cl4N/c14-10-3-7(1-2-8(10)6-18)9-4-12(16)13(17)5-11(9)15/h1-5H. The molecule has 2 aromatic rings. The first-order valence-corrected chi connectivity index (χ1v) is 6.38. The molecule has 0 saturated carbocycles. The molecule has 0 amide bonds. The largest absolute Gasteiger partial charge is 0.192 e. The lowest BCUT2D eigenvalue weighted by molar-refractivity contribution is 1.48. The van der Waals surface area contributed by atoms with Gasteiger partial charge in [-0.1, -0.05) is 52.5 Å². The second-order valence-electron chi connectivity index (χ2n) is 3.55. The summed E-state index contributed by atoms with van der Waals surface area (Å²) in [6.45, 7) is 0. The fourth-order valence-corrected chi connectivity index (χ4v) is 2.40. The minimum Gasteiger partial charge on any atom is -0.192 e. The van der Waals surface area contributed by atoms with E-state index in [0.717, 1.165) is 11.1 Å². The molecule has 0 N–H and O–H groups in total. The van der Waals surface area contributed by atoms with Gasteiger partial charge in [0.2, 0.25) is 0 Å². The summed E-state index contributed by atoms with van der Waals surface area (Å²) in [5.74, 6) is 0. The molecule has 0 fully saturated rings. The first-order chi connectivity index (χ1) is 8.52. The van der Waals surface area contributed by atoms with Gasteiger partial charge in [0.05, 0.1) is 20.6 Å². The Kier molecular flexibility index (Phi) is 4.04. The van der Waals surface area contributed by atoms with Gasteiger partial charge in [0.1, 0.15) is 6.07 Å². The topological polar surface area (TPSA) is 23.8 Å². The summed E-state index contributed by atoms with van der Waals surface area (Å²) in [6.07, 6.45) is 0. The predicted molar refractivity (Wildman–Crippen MR) is 76.6 cm³/mol. The van der Waals surface area contributed by atoms with Crippen molar-refractivity contribution >= 4 is 46.4 Å². The van der Waals surface area contributed by atoms with Crippen LogP contribution in [0.5, 0.6) is 0 Å². The highest BCUT2D eigenvalue weighted by Gasteiger charge is 2.10. The van der Waals surface area contributed by atoms with Gasteiger partial charge in [-0.2, -0.15) is 5.26 Å². The minimum absolute atomic E-state index is 0.372. The molecule has 0 saturated heterocycles. The summed E-state index contributed by atoms with van der Waals surface area (Å²) >= 11 is 23.9. The molecule has 18 heavy (non-hydrogen) atoms. The Balaban J connectivity index is 2.60. The Hall–Kier alpha value is -0.910. The van der Waals surface area contributed by atoms with Gasteiger partial charge >= 0.3 is 0 Å². The predicted octanol–water partition coefficient (Wildman–Crippen LogP) is 5.84. The molecule has 0 unspecified atom stereocenters. The molecule has 0 radical (unpaired) electrons. The number of benzene rings is 2. The molecule has 0 heterocycles. The van der Waals surface area contributed by atoms with E-state index in [-0.39, 0.29) is 0 Å². The highest BCUT2D eigenvalue weighted by molar-refractivity contribution is 6.44. The van der Waals surface area contributed by atoms with Gasteiger partial charge in [-0.05, 0) is 29.8 Å². The van der Waals surface area contributed by atoms with Crippen molar-refractivity contribution in [3.63, 3.8) is 0 Å². The monoisotopic (exact) mass is 315 g/mol. The van der Waals surface area contributed by atoms with E-state index in [0.29, 0.717) is 25.7 Å². The van der Waals surface area contributed by atoms with E-state index in [1.165, 1.54) is 0 Å². The molecular weight excluding hydrogens is 312 g/mol. The van der Waals surface area contributed by atoms with Gasteiger partial charge in [-0.3, -0.25) is 0 Å². The molecule has 0 bridgehead atoms. The Bertz CT molecular complexity index is 659. The van der Waals surface area contributed by atoms with Gasteiger partial charge in [0.25, 0.3) is 0 Å². The van der Waals surface area contributed by atoms with E-state index in [1.807, 2.05) is 6.07 Å². The zero-order chi connectivity index (χ0) is 13.3. The second-order valence-corrected chi connectivity index (χ2v) is 5.18. The van der Waals surface area contributed by atoms with Crippen LogP contribution in [0.4, 0.5) is 0 Å². The summed E-state index contributed by atoms with van der Waals surface area (Å²) in [6, 6.07) is 10.3. The van der Waals surface area contributed by atoms with Crippen LogP contribution in [0.3, 0.4) is 0 Å². The average molecular weight is 317 g/mol. The fourth-order valence-electron chi connectivity index (χ4n) is 1.52. The van der Waals surface area contributed by atoms with Gasteiger partial charge < -0.3 is 0 Å². The molecular formula is C13H5Cl4N. The van der Waals surface area contributed by atoms with Crippen LogP contribution in [-0.4, -0.2) is 0 Å². The van der Waals surface area contributed by atoms with Crippen molar-refractivity contribution < 1.29 is 0 Å². The summed E-state index contributed by atoms with van der Waals surface area (Å²) in [5, 5.41) is 10.5. The zero-order valence-electron chi connectivity index (χ0n) is 8.85. The number of nitrogens with zero attached hydrogens (tertiary/aromatic N) is 1. The average Bonchev–Trinajstić information content (AvgIpc) is 2.33. The molecule has 1 nitrogen and oxygen atoms in total. The van der Waals surface area contributed by atoms with Crippen LogP contribution in [-0.2, 0) is 0 Å². The Morgan fingerprint density at radius 3 is 2.06 bits per heavy atom. The SMILES string of the molecule is N#Cc1ccc(-c2cc(Cl)c(Cl)cc2Cl)cc1Cl. The summed E-state index contributed by atoms with van der Waals surface area (Å²) in [5.41, 5.74) is 1.91. The first kappa shape index (κ1) is 13.5. The molecule has 0 aliphatic carbocycles. The van der Waals surface area contributed by atoms with Crippen LogP contribution in [0.2, 0.25) is 20.1 Å². The maximum atomic E-state index is 8.82. The number of hydrogen-bond acceptors (Lipinski definition) is 1. The van der Waals surface area contributed by atoms with Gasteiger partial charge in [-0.15, -0.1) is 0 Å². The maximum absolute atomic E-state index is 8.82. The van der Waals surface area contributed by atoms with Crippen molar-refractivity contribution in [1.29, 1.82) is 5.26 Å². The third kappa shape index (κ3) is 2.58. The molecule has 0 atom stereocenters. The van der Waals surface area contributed by atoms with E-state index < -0.39 is 0 Å². The van der Waals surface area contributed by atoms with Crippen molar-refractivity contribution in [2.45, 2.75) is 0 Å². The van der Waals surface area contributed by atoms with Crippen molar-refractivity contribution in [2.24, 2.45) is 0 Å². The van der Waals surface area contributed by atoms with Crippen molar-refractivity contribution in [3.8, 4) is 17.2 Å². The maximum Gasteiger partial charge on any atom is 0.101 e. The molecule has 0 aliphatic heterocycles.